The van der Waals surface area contributed by atoms with Crippen LogP contribution in [0.3, 0.4) is 0 Å². The van der Waals surface area contributed by atoms with Crippen LogP contribution in [-0.4, -0.2) is 29.0 Å². The molecule has 3 rings (SSSR count). The van der Waals surface area contributed by atoms with Crippen LogP contribution in [0.2, 0.25) is 0 Å². The molecule has 0 radical (unpaired) electrons. The Balaban J connectivity index is 1.76. The lowest BCUT2D eigenvalue weighted by molar-refractivity contribution is -0.147. The molecule has 20 heavy (non-hydrogen) atoms. The van der Waals surface area contributed by atoms with Crippen molar-refractivity contribution in [2.24, 2.45) is 0 Å². The summed E-state index contributed by atoms with van der Waals surface area (Å²) >= 11 is 0. The molecular formula is C16H17NO3. The van der Waals surface area contributed by atoms with Crippen molar-refractivity contribution in [2.75, 3.05) is 6.54 Å². The van der Waals surface area contributed by atoms with E-state index in [4.69, 9.17) is 0 Å². The van der Waals surface area contributed by atoms with Crippen LogP contribution in [0.1, 0.15) is 47.2 Å². The lowest BCUT2D eigenvalue weighted by atomic mass is 10.0. The maximum atomic E-state index is 12.3. The molecule has 0 saturated carbocycles. The Labute approximate surface area is 117 Å². The lowest BCUT2D eigenvalue weighted by Crippen LogP contribution is -2.43. The van der Waals surface area contributed by atoms with Gasteiger partial charge in [-0.2, -0.15) is 0 Å². The molecule has 0 aromatic heterocycles. The number of carbonyl (C=O) groups is 3. The van der Waals surface area contributed by atoms with E-state index in [9.17, 15) is 14.4 Å². The number of Topliss-reactive ketones (excluding diaryl/α,β-unsaturated/α-hetero) is 1. The average molecular weight is 271 g/mol. The van der Waals surface area contributed by atoms with Gasteiger partial charge in [-0.15, -0.1) is 0 Å². The van der Waals surface area contributed by atoms with Gasteiger partial charge in [0.25, 0.3) is 0 Å². The smallest absolute Gasteiger partial charge is 0.229 e. The van der Waals surface area contributed by atoms with Crippen LogP contribution in [0, 0.1) is 0 Å². The average Bonchev–Trinajstić information content (AvgIpc) is 2.90. The van der Waals surface area contributed by atoms with Crippen LogP contribution < -0.4 is 0 Å². The van der Waals surface area contributed by atoms with E-state index in [1.807, 2.05) is 18.2 Å². The van der Waals surface area contributed by atoms with E-state index in [-0.39, 0.29) is 24.1 Å². The number of nitrogens with zero attached hydrogens (tertiary/aromatic N) is 1. The minimum atomic E-state index is -0.226. The third-order valence-electron chi connectivity index (χ3n) is 4.11. The molecule has 0 bridgehead atoms. The Bertz CT molecular complexity index is 575. The highest BCUT2D eigenvalue weighted by atomic mass is 16.2. The second-order valence-corrected chi connectivity index (χ2v) is 5.49. The molecule has 0 unspecified atom stereocenters. The predicted molar refractivity (Wildman–Crippen MR) is 73.4 cm³/mol. The molecule has 0 spiro atoms. The van der Waals surface area contributed by atoms with Crippen LogP contribution in [0.4, 0.5) is 0 Å². The molecule has 1 heterocycles. The van der Waals surface area contributed by atoms with Gasteiger partial charge in [0.1, 0.15) is 0 Å². The van der Waals surface area contributed by atoms with Crippen LogP contribution in [-0.2, 0) is 22.4 Å². The molecule has 2 aliphatic rings. The number of imide groups is 1. The minimum Gasteiger partial charge on any atom is -0.292 e. The highest BCUT2D eigenvalue weighted by Gasteiger charge is 2.28. The van der Waals surface area contributed by atoms with Crippen molar-refractivity contribution in [1.29, 1.82) is 0 Å². The summed E-state index contributed by atoms with van der Waals surface area (Å²) in [5, 5.41) is 0. The highest BCUT2D eigenvalue weighted by molar-refractivity contribution is 6.05. The maximum absolute atomic E-state index is 12.3. The zero-order valence-corrected chi connectivity index (χ0v) is 11.4. The van der Waals surface area contributed by atoms with Crippen molar-refractivity contribution >= 4 is 17.6 Å². The van der Waals surface area contributed by atoms with Crippen LogP contribution in [0.15, 0.2) is 18.2 Å². The molecule has 104 valence electrons. The number of piperidine rings is 1. The number of benzene rings is 1. The van der Waals surface area contributed by atoms with Gasteiger partial charge in [0.2, 0.25) is 11.8 Å². The molecule has 4 heteroatoms. The van der Waals surface area contributed by atoms with Crippen molar-refractivity contribution in [2.45, 2.75) is 38.5 Å². The van der Waals surface area contributed by atoms with E-state index in [2.05, 4.69) is 0 Å². The van der Waals surface area contributed by atoms with Crippen molar-refractivity contribution in [1.82, 2.24) is 4.90 Å². The van der Waals surface area contributed by atoms with Crippen LogP contribution >= 0.6 is 0 Å². The van der Waals surface area contributed by atoms with Crippen LogP contribution in [0.25, 0.3) is 0 Å². The number of carbonyl (C=O) groups excluding carboxylic acids is 3. The molecular weight excluding hydrogens is 254 g/mol. The number of ketones is 1. The molecule has 1 aromatic rings. The van der Waals surface area contributed by atoms with Gasteiger partial charge in [-0.25, -0.2) is 0 Å². The number of amides is 2. The SMILES string of the molecule is O=C(CN1C(=O)CCCC1=O)c1ccc2c(c1)CCC2. The number of hydrogen-bond acceptors (Lipinski definition) is 3. The minimum absolute atomic E-state index is 0.115. The second kappa shape index (κ2) is 5.19. The molecule has 4 nitrogen and oxygen atoms in total. The van der Waals surface area contributed by atoms with E-state index in [1.54, 1.807) is 0 Å². The van der Waals surface area contributed by atoms with Gasteiger partial charge in [-0.1, -0.05) is 12.1 Å². The quantitative estimate of drug-likeness (QED) is 0.623. The number of hydrogen-bond donors (Lipinski definition) is 0. The Hall–Kier alpha value is -1.97. The summed E-state index contributed by atoms with van der Waals surface area (Å²) in [4.78, 5) is 36.8. The second-order valence-electron chi connectivity index (χ2n) is 5.49. The first-order chi connectivity index (χ1) is 9.65. The molecule has 1 aromatic carbocycles. The molecule has 0 N–H and O–H groups in total. The van der Waals surface area contributed by atoms with Gasteiger partial charge >= 0.3 is 0 Å². The zero-order valence-electron chi connectivity index (χ0n) is 11.4. The van der Waals surface area contributed by atoms with E-state index in [0.717, 1.165) is 24.2 Å². The van der Waals surface area contributed by atoms with E-state index < -0.39 is 0 Å². The van der Waals surface area contributed by atoms with Crippen molar-refractivity contribution in [3.63, 3.8) is 0 Å². The van der Waals surface area contributed by atoms with Gasteiger partial charge in [0.15, 0.2) is 5.78 Å². The fourth-order valence-corrected chi connectivity index (χ4v) is 2.96. The molecule has 0 atom stereocenters. The molecule has 2 amide bonds. The maximum Gasteiger partial charge on any atom is 0.229 e. The van der Waals surface area contributed by atoms with Gasteiger partial charge < -0.3 is 0 Å². The Kier molecular flexibility index (Phi) is 3.38. The lowest BCUT2D eigenvalue weighted by Gasteiger charge is -2.24. The van der Waals surface area contributed by atoms with Gasteiger partial charge in [-0.3, -0.25) is 19.3 Å². The van der Waals surface area contributed by atoms with E-state index in [0.29, 0.717) is 24.8 Å². The first-order valence-electron chi connectivity index (χ1n) is 7.13. The third-order valence-corrected chi connectivity index (χ3v) is 4.11. The molecule has 1 saturated heterocycles. The van der Waals surface area contributed by atoms with Crippen molar-refractivity contribution in [3.8, 4) is 0 Å². The normalized spacial score (nSPS) is 18.3. The predicted octanol–water partition coefficient (Wildman–Crippen LogP) is 1.90. The molecule has 1 fully saturated rings. The van der Waals surface area contributed by atoms with Crippen molar-refractivity contribution in [3.05, 3.63) is 34.9 Å². The van der Waals surface area contributed by atoms with Crippen LogP contribution in [0.5, 0.6) is 0 Å². The van der Waals surface area contributed by atoms with Crippen molar-refractivity contribution < 1.29 is 14.4 Å². The summed E-state index contributed by atoms with van der Waals surface area (Å²) in [7, 11) is 0. The Morgan fingerprint density at radius 1 is 0.950 bits per heavy atom. The molecule has 1 aliphatic heterocycles. The summed E-state index contributed by atoms with van der Waals surface area (Å²) < 4.78 is 0. The monoisotopic (exact) mass is 271 g/mol. The first kappa shape index (κ1) is 13.0. The fraction of sp³-hybridized carbons (Fsp3) is 0.438. The number of rotatable bonds is 3. The zero-order chi connectivity index (χ0) is 14.1. The number of aryl methyl sites for hydroxylation is 2. The number of likely N-dealkylation sites (tertiary alicyclic amines) is 1. The summed E-state index contributed by atoms with van der Waals surface area (Å²) in [6.45, 7) is -0.115. The molecule has 1 aliphatic carbocycles. The summed E-state index contributed by atoms with van der Waals surface area (Å²) in [6, 6.07) is 5.73. The first-order valence-corrected chi connectivity index (χ1v) is 7.13. The summed E-state index contributed by atoms with van der Waals surface area (Å²) in [6.07, 6.45) is 4.55. The largest absolute Gasteiger partial charge is 0.292 e. The van der Waals surface area contributed by atoms with E-state index >= 15 is 0 Å². The number of fused-ring (bicyclic) bond motifs is 1. The van der Waals surface area contributed by atoms with E-state index in [1.165, 1.54) is 11.1 Å². The van der Waals surface area contributed by atoms with Gasteiger partial charge in [-0.05, 0) is 42.9 Å². The highest BCUT2D eigenvalue weighted by Crippen LogP contribution is 2.23. The van der Waals surface area contributed by atoms with Gasteiger partial charge in [0.05, 0.1) is 6.54 Å². The summed E-state index contributed by atoms with van der Waals surface area (Å²) in [5.41, 5.74) is 3.15. The topological polar surface area (TPSA) is 54.5 Å². The summed E-state index contributed by atoms with van der Waals surface area (Å²) in [5.74, 6) is -0.602. The standard InChI is InChI=1S/C16H17NO3/c18-14(10-17-15(19)5-2-6-16(17)20)13-8-7-11-3-1-4-12(11)9-13/h7-9H,1-6,10H2. The van der Waals surface area contributed by atoms with Gasteiger partial charge in [0, 0.05) is 18.4 Å². The Morgan fingerprint density at radius 2 is 1.60 bits per heavy atom. The fourth-order valence-electron chi connectivity index (χ4n) is 2.96. The third kappa shape index (κ3) is 2.38. The Morgan fingerprint density at radius 3 is 2.35 bits per heavy atom.